The largest absolute Gasteiger partial charge is 0.481 e. The fourth-order valence-corrected chi connectivity index (χ4v) is 2.16. The van der Waals surface area contributed by atoms with Crippen molar-refractivity contribution in [1.82, 2.24) is 9.97 Å². The van der Waals surface area contributed by atoms with Crippen LogP contribution in [0.4, 0.5) is 5.95 Å². The molecule has 0 saturated carbocycles. The molecule has 0 aliphatic carbocycles. The average molecular weight is 251 g/mol. The Hall–Kier alpha value is -1.85. The lowest BCUT2D eigenvalue weighted by Gasteiger charge is -2.15. The summed E-state index contributed by atoms with van der Waals surface area (Å²) in [5.41, 5.74) is 0. The van der Waals surface area contributed by atoms with Crippen molar-refractivity contribution in [2.75, 3.05) is 24.6 Å². The van der Waals surface area contributed by atoms with Crippen molar-refractivity contribution in [3.8, 4) is 5.88 Å². The van der Waals surface area contributed by atoms with Crippen LogP contribution in [0.5, 0.6) is 5.88 Å². The highest BCUT2D eigenvalue weighted by atomic mass is 16.5. The lowest BCUT2D eigenvalue weighted by atomic mass is 9.99. The Labute approximate surface area is 106 Å². The molecule has 1 N–H and O–H groups in total. The molecular formula is C12H17N3O3. The topological polar surface area (TPSA) is 75.5 Å². The first-order valence-electron chi connectivity index (χ1n) is 6.05. The summed E-state index contributed by atoms with van der Waals surface area (Å²) in [5.74, 6) is 0.0441. The Kier molecular flexibility index (Phi) is 3.64. The van der Waals surface area contributed by atoms with Gasteiger partial charge in [0.2, 0.25) is 11.8 Å². The molecule has 1 saturated heterocycles. The van der Waals surface area contributed by atoms with Gasteiger partial charge in [-0.3, -0.25) is 4.79 Å². The second-order valence-electron chi connectivity index (χ2n) is 4.45. The van der Waals surface area contributed by atoms with E-state index >= 15 is 0 Å². The molecule has 1 aromatic rings. The lowest BCUT2D eigenvalue weighted by molar-refractivity contribution is -0.142. The molecule has 0 bridgehead atoms. The van der Waals surface area contributed by atoms with Gasteiger partial charge in [-0.05, 0) is 12.8 Å². The van der Waals surface area contributed by atoms with Gasteiger partial charge >= 0.3 is 5.97 Å². The van der Waals surface area contributed by atoms with E-state index in [4.69, 9.17) is 9.84 Å². The highest BCUT2D eigenvalue weighted by Crippen LogP contribution is 2.26. The third-order valence-electron chi connectivity index (χ3n) is 3.12. The molecule has 1 aliphatic heterocycles. The van der Waals surface area contributed by atoms with Crippen LogP contribution in [0.1, 0.15) is 13.8 Å². The minimum Gasteiger partial charge on any atom is -0.481 e. The number of rotatable bonds is 4. The zero-order valence-electron chi connectivity index (χ0n) is 10.5. The Bertz CT molecular complexity index is 438. The molecule has 1 aromatic heterocycles. The number of carboxylic acid groups (broad SMARTS) is 1. The summed E-state index contributed by atoms with van der Waals surface area (Å²) >= 11 is 0. The quantitative estimate of drug-likeness (QED) is 0.861. The minimum absolute atomic E-state index is 0.0989. The Morgan fingerprint density at radius 2 is 2.39 bits per heavy atom. The summed E-state index contributed by atoms with van der Waals surface area (Å²) < 4.78 is 5.31. The highest BCUT2D eigenvalue weighted by molar-refractivity contribution is 5.72. The third-order valence-corrected chi connectivity index (χ3v) is 3.12. The van der Waals surface area contributed by atoms with Crippen LogP contribution in [0.3, 0.4) is 0 Å². The Balaban J connectivity index is 2.13. The number of hydrogen-bond acceptors (Lipinski definition) is 5. The van der Waals surface area contributed by atoms with Gasteiger partial charge in [0.25, 0.3) is 0 Å². The van der Waals surface area contributed by atoms with Crippen molar-refractivity contribution in [3.05, 3.63) is 12.3 Å². The van der Waals surface area contributed by atoms with Gasteiger partial charge in [0.1, 0.15) is 0 Å². The van der Waals surface area contributed by atoms with Crippen molar-refractivity contribution in [1.29, 1.82) is 0 Å². The van der Waals surface area contributed by atoms with Gasteiger partial charge in [-0.25, -0.2) is 4.98 Å². The van der Waals surface area contributed by atoms with E-state index in [9.17, 15) is 4.79 Å². The summed E-state index contributed by atoms with van der Waals surface area (Å²) in [5, 5.41) is 9.09. The first-order valence-corrected chi connectivity index (χ1v) is 6.05. The number of aromatic nitrogens is 2. The van der Waals surface area contributed by atoms with E-state index in [-0.39, 0.29) is 11.8 Å². The monoisotopic (exact) mass is 251 g/mol. The molecule has 6 nitrogen and oxygen atoms in total. The highest BCUT2D eigenvalue weighted by Gasteiger charge is 2.35. The fraction of sp³-hybridized carbons (Fsp3) is 0.583. The van der Waals surface area contributed by atoms with Crippen molar-refractivity contribution in [3.63, 3.8) is 0 Å². The SMILES string of the molecule is CCOc1ccnc(N2C[C@@H](C)[C@H](C(=O)O)C2)n1. The van der Waals surface area contributed by atoms with Crippen LogP contribution in [-0.4, -0.2) is 40.7 Å². The summed E-state index contributed by atoms with van der Waals surface area (Å²) in [6.07, 6.45) is 1.63. The van der Waals surface area contributed by atoms with Gasteiger partial charge in [0.15, 0.2) is 0 Å². The molecule has 18 heavy (non-hydrogen) atoms. The fourth-order valence-electron chi connectivity index (χ4n) is 2.16. The number of anilines is 1. The standard InChI is InChI=1S/C12H17N3O3/c1-3-18-10-4-5-13-12(14-10)15-6-8(2)9(7-15)11(16)17/h4-5,8-9H,3,6-7H2,1-2H3,(H,16,17)/t8-,9-/m1/s1. The zero-order chi connectivity index (χ0) is 13.1. The first-order chi connectivity index (χ1) is 8.61. The molecule has 0 spiro atoms. The number of carboxylic acids is 1. The lowest BCUT2D eigenvalue weighted by Crippen LogP contribution is -2.24. The van der Waals surface area contributed by atoms with Gasteiger partial charge in [-0.1, -0.05) is 6.92 Å². The molecule has 0 amide bonds. The maximum atomic E-state index is 11.1. The van der Waals surface area contributed by atoms with Crippen molar-refractivity contribution in [2.24, 2.45) is 11.8 Å². The molecule has 0 unspecified atom stereocenters. The summed E-state index contributed by atoms with van der Waals surface area (Å²) in [4.78, 5) is 21.4. The van der Waals surface area contributed by atoms with E-state index in [1.807, 2.05) is 18.7 Å². The van der Waals surface area contributed by atoms with Gasteiger partial charge in [0, 0.05) is 25.4 Å². The molecule has 98 valence electrons. The van der Waals surface area contributed by atoms with Crippen LogP contribution >= 0.6 is 0 Å². The van der Waals surface area contributed by atoms with Crippen molar-refractivity contribution in [2.45, 2.75) is 13.8 Å². The van der Waals surface area contributed by atoms with Gasteiger partial charge < -0.3 is 14.7 Å². The molecule has 1 fully saturated rings. The Morgan fingerprint density at radius 3 is 3.00 bits per heavy atom. The van der Waals surface area contributed by atoms with Crippen LogP contribution < -0.4 is 9.64 Å². The van der Waals surface area contributed by atoms with E-state index in [0.29, 0.717) is 31.5 Å². The van der Waals surface area contributed by atoms with E-state index < -0.39 is 5.97 Å². The molecule has 0 aromatic carbocycles. The maximum Gasteiger partial charge on any atom is 0.308 e. The van der Waals surface area contributed by atoms with E-state index in [0.717, 1.165) is 0 Å². The third kappa shape index (κ3) is 2.52. The van der Waals surface area contributed by atoms with Crippen molar-refractivity contribution >= 4 is 11.9 Å². The van der Waals surface area contributed by atoms with Crippen LogP contribution in [0.15, 0.2) is 12.3 Å². The summed E-state index contributed by atoms with van der Waals surface area (Å²) in [6, 6.07) is 1.70. The molecule has 0 radical (unpaired) electrons. The predicted octanol–water partition coefficient (Wildman–Crippen LogP) is 1.03. The molecule has 1 aliphatic rings. The number of hydrogen-bond donors (Lipinski definition) is 1. The van der Waals surface area contributed by atoms with E-state index in [2.05, 4.69) is 9.97 Å². The van der Waals surface area contributed by atoms with E-state index in [1.54, 1.807) is 12.3 Å². The van der Waals surface area contributed by atoms with Crippen LogP contribution in [0.2, 0.25) is 0 Å². The summed E-state index contributed by atoms with van der Waals surface area (Å²) in [7, 11) is 0. The van der Waals surface area contributed by atoms with Crippen LogP contribution in [-0.2, 0) is 4.79 Å². The first kappa shape index (κ1) is 12.6. The van der Waals surface area contributed by atoms with Gasteiger partial charge in [-0.2, -0.15) is 4.98 Å². The molecule has 2 heterocycles. The minimum atomic E-state index is -0.758. The molecule has 6 heteroatoms. The average Bonchev–Trinajstić information content (AvgIpc) is 2.72. The maximum absolute atomic E-state index is 11.1. The predicted molar refractivity (Wildman–Crippen MR) is 65.7 cm³/mol. The van der Waals surface area contributed by atoms with Crippen molar-refractivity contribution < 1.29 is 14.6 Å². The van der Waals surface area contributed by atoms with Gasteiger partial charge in [-0.15, -0.1) is 0 Å². The summed E-state index contributed by atoms with van der Waals surface area (Å²) in [6.45, 7) is 5.48. The normalized spacial score (nSPS) is 23.1. The van der Waals surface area contributed by atoms with Crippen LogP contribution in [0, 0.1) is 11.8 Å². The molecule has 2 rings (SSSR count). The second kappa shape index (κ2) is 5.20. The van der Waals surface area contributed by atoms with Gasteiger partial charge in [0.05, 0.1) is 12.5 Å². The second-order valence-corrected chi connectivity index (χ2v) is 4.45. The smallest absolute Gasteiger partial charge is 0.308 e. The van der Waals surface area contributed by atoms with E-state index in [1.165, 1.54) is 0 Å². The number of carbonyl (C=O) groups is 1. The Morgan fingerprint density at radius 1 is 1.61 bits per heavy atom. The van der Waals surface area contributed by atoms with Crippen LogP contribution in [0.25, 0.3) is 0 Å². The molecular weight excluding hydrogens is 234 g/mol. The molecule has 2 atom stereocenters. The number of aliphatic carboxylic acids is 1. The number of nitrogens with zero attached hydrogens (tertiary/aromatic N) is 3. The zero-order valence-corrected chi connectivity index (χ0v) is 10.5. The number of ether oxygens (including phenoxy) is 1.